The predicted molar refractivity (Wildman–Crippen MR) is 60.0 cm³/mol. The summed E-state index contributed by atoms with van der Waals surface area (Å²) in [6.07, 6.45) is 0. The zero-order chi connectivity index (χ0) is 10.2. The first-order valence-corrected chi connectivity index (χ1v) is 4.65. The molecule has 0 aromatic heterocycles. The van der Waals surface area contributed by atoms with Gasteiger partial charge in [0.05, 0.1) is 0 Å². The Balaban J connectivity index is 0.000000245. The molecule has 0 N–H and O–H groups in total. The molecule has 0 unspecified atom stereocenters. The van der Waals surface area contributed by atoms with Crippen LogP contribution in [0.1, 0.15) is 11.1 Å². The van der Waals surface area contributed by atoms with E-state index < -0.39 is 0 Å². The maximum atomic E-state index is 3.03. The van der Waals surface area contributed by atoms with E-state index >= 15 is 0 Å². The first kappa shape index (κ1) is 14.4. The second-order valence-electron chi connectivity index (χ2n) is 3.09. The third-order valence-electron chi connectivity index (χ3n) is 1.73. The fraction of sp³-hybridized carbons (Fsp3) is 0.143. The third kappa shape index (κ3) is 7.31. The van der Waals surface area contributed by atoms with Crippen LogP contribution < -0.4 is 0 Å². The van der Waals surface area contributed by atoms with E-state index in [1.807, 2.05) is 62.4 Å². The molecular formula is C14H14Cd. The molecule has 72 valence electrons. The van der Waals surface area contributed by atoms with Gasteiger partial charge in [-0.2, -0.15) is 71.8 Å². The van der Waals surface area contributed by atoms with Crippen molar-refractivity contribution in [1.82, 2.24) is 0 Å². The Morgan fingerprint density at radius 3 is 1.27 bits per heavy atom. The van der Waals surface area contributed by atoms with E-state index in [4.69, 9.17) is 0 Å². The van der Waals surface area contributed by atoms with Crippen LogP contribution in [0.15, 0.2) is 48.5 Å². The van der Waals surface area contributed by atoms with Crippen LogP contribution in [-0.2, 0) is 27.3 Å². The molecule has 15 heavy (non-hydrogen) atoms. The van der Waals surface area contributed by atoms with Crippen LogP contribution in [0.25, 0.3) is 0 Å². The summed E-state index contributed by atoms with van der Waals surface area (Å²) in [5.41, 5.74) is 2.39. The molecular weight excluding hydrogens is 281 g/mol. The molecule has 0 aliphatic carbocycles. The Labute approximate surface area is 113 Å². The minimum absolute atomic E-state index is 0. The summed E-state index contributed by atoms with van der Waals surface area (Å²) in [5.74, 6) is 0. The zero-order valence-corrected chi connectivity index (χ0v) is 13.4. The Morgan fingerprint density at radius 2 is 1.13 bits per heavy atom. The van der Waals surface area contributed by atoms with E-state index in [9.17, 15) is 0 Å². The van der Waals surface area contributed by atoms with Crippen molar-refractivity contribution >= 4 is 0 Å². The maximum Gasteiger partial charge on any atom is 2.00 e. The predicted octanol–water partition coefficient (Wildman–Crippen LogP) is 3.59. The topological polar surface area (TPSA) is 0 Å². The van der Waals surface area contributed by atoms with Gasteiger partial charge in [-0.05, 0) is 0 Å². The van der Waals surface area contributed by atoms with Gasteiger partial charge in [-0.25, -0.2) is 0 Å². The van der Waals surface area contributed by atoms with E-state index in [2.05, 4.69) is 12.1 Å². The van der Waals surface area contributed by atoms with Crippen molar-refractivity contribution in [2.75, 3.05) is 0 Å². The molecule has 0 saturated heterocycles. The number of rotatable bonds is 0. The van der Waals surface area contributed by atoms with Gasteiger partial charge in [0, 0.05) is 0 Å². The van der Waals surface area contributed by atoms with E-state index in [-0.39, 0.29) is 27.3 Å². The summed E-state index contributed by atoms with van der Waals surface area (Å²) >= 11 is 0. The minimum Gasteiger partial charge on any atom is -0.181 e. The average Bonchev–Trinajstić information content (AvgIpc) is 2.21. The summed E-state index contributed by atoms with van der Waals surface area (Å²) in [6.45, 7) is 4.06. The van der Waals surface area contributed by atoms with Gasteiger partial charge in [-0.1, -0.05) is 13.8 Å². The van der Waals surface area contributed by atoms with Crippen LogP contribution in [0.3, 0.4) is 0 Å². The Hall–Kier alpha value is -0.638. The molecule has 0 radical (unpaired) electrons. The smallest absolute Gasteiger partial charge is 0.181 e. The summed E-state index contributed by atoms with van der Waals surface area (Å²) in [6, 6.07) is 21.9. The second kappa shape index (κ2) is 8.65. The Kier molecular flexibility index (Phi) is 8.28. The SMILES string of the molecule is Cc1[c-]cccc1.Cc1[c-]cccc1.[Cd+2]. The Bertz CT molecular complexity index is 303. The van der Waals surface area contributed by atoms with E-state index in [0.717, 1.165) is 0 Å². The first-order chi connectivity index (χ1) is 6.79. The zero-order valence-electron chi connectivity index (χ0n) is 9.33. The largest absolute Gasteiger partial charge is 2.00 e. The van der Waals surface area contributed by atoms with Crippen LogP contribution in [0.2, 0.25) is 0 Å². The molecule has 2 aromatic carbocycles. The van der Waals surface area contributed by atoms with Crippen LogP contribution in [-0.4, -0.2) is 0 Å². The van der Waals surface area contributed by atoms with E-state index in [1.54, 1.807) is 0 Å². The van der Waals surface area contributed by atoms with Crippen LogP contribution in [0, 0.1) is 26.0 Å². The summed E-state index contributed by atoms with van der Waals surface area (Å²) < 4.78 is 0. The van der Waals surface area contributed by atoms with Crippen molar-refractivity contribution in [2.24, 2.45) is 0 Å². The summed E-state index contributed by atoms with van der Waals surface area (Å²) in [4.78, 5) is 0. The van der Waals surface area contributed by atoms with Crippen LogP contribution >= 0.6 is 0 Å². The molecule has 0 fully saturated rings. The van der Waals surface area contributed by atoms with Crippen molar-refractivity contribution in [3.8, 4) is 0 Å². The molecule has 0 saturated carbocycles. The van der Waals surface area contributed by atoms with E-state index in [0.29, 0.717) is 0 Å². The summed E-state index contributed by atoms with van der Waals surface area (Å²) in [5, 5.41) is 0. The van der Waals surface area contributed by atoms with Gasteiger partial charge in [0.15, 0.2) is 0 Å². The molecule has 0 bridgehead atoms. The number of aryl methyl sites for hydroxylation is 2. The molecule has 0 atom stereocenters. The van der Waals surface area contributed by atoms with Gasteiger partial charge in [-0.3, -0.25) is 0 Å². The van der Waals surface area contributed by atoms with Gasteiger partial charge in [0.1, 0.15) is 0 Å². The van der Waals surface area contributed by atoms with Crippen LogP contribution in [0.5, 0.6) is 0 Å². The first-order valence-electron chi connectivity index (χ1n) is 4.65. The standard InChI is InChI=1S/2C7H7.Cd/c2*1-7-5-3-2-4-6-7;/h2*2-5H,1H3;/q2*-1;+2. The van der Waals surface area contributed by atoms with Crippen molar-refractivity contribution in [2.45, 2.75) is 13.8 Å². The molecule has 1 heteroatoms. The summed E-state index contributed by atoms with van der Waals surface area (Å²) in [7, 11) is 0. The second-order valence-corrected chi connectivity index (χ2v) is 3.09. The van der Waals surface area contributed by atoms with E-state index in [1.165, 1.54) is 11.1 Å². The van der Waals surface area contributed by atoms with Gasteiger partial charge in [0.2, 0.25) is 0 Å². The third-order valence-corrected chi connectivity index (χ3v) is 1.73. The fourth-order valence-corrected chi connectivity index (χ4v) is 0.966. The van der Waals surface area contributed by atoms with Gasteiger partial charge >= 0.3 is 27.3 Å². The number of benzene rings is 2. The number of hydrogen-bond donors (Lipinski definition) is 0. The molecule has 2 aromatic rings. The molecule has 0 nitrogen and oxygen atoms in total. The van der Waals surface area contributed by atoms with Crippen molar-refractivity contribution in [3.63, 3.8) is 0 Å². The van der Waals surface area contributed by atoms with Gasteiger partial charge in [-0.15, -0.1) is 0 Å². The minimum atomic E-state index is 0. The van der Waals surface area contributed by atoms with Gasteiger partial charge < -0.3 is 0 Å². The number of hydrogen-bond acceptors (Lipinski definition) is 0. The monoisotopic (exact) mass is 296 g/mol. The van der Waals surface area contributed by atoms with Gasteiger partial charge in [0.25, 0.3) is 0 Å². The normalized spacial score (nSPS) is 8.13. The average molecular weight is 295 g/mol. The van der Waals surface area contributed by atoms with Crippen molar-refractivity contribution < 1.29 is 27.3 Å². The Morgan fingerprint density at radius 1 is 0.733 bits per heavy atom. The maximum absolute atomic E-state index is 3.03. The molecule has 2 rings (SSSR count). The van der Waals surface area contributed by atoms with Crippen molar-refractivity contribution in [3.05, 3.63) is 71.8 Å². The molecule has 0 heterocycles. The quantitative estimate of drug-likeness (QED) is 0.514. The van der Waals surface area contributed by atoms with Crippen molar-refractivity contribution in [1.29, 1.82) is 0 Å². The molecule has 0 amide bonds. The molecule has 0 aliphatic rings. The molecule has 0 aliphatic heterocycles. The van der Waals surface area contributed by atoms with Crippen LogP contribution in [0.4, 0.5) is 0 Å². The molecule has 0 spiro atoms. The fourth-order valence-electron chi connectivity index (χ4n) is 0.966.